The zero-order valence-electron chi connectivity index (χ0n) is 16.0. The highest BCUT2D eigenvalue weighted by Gasteiger charge is 2.29. The number of likely N-dealkylation sites (tertiary alicyclic amines) is 1. The van der Waals surface area contributed by atoms with Crippen LogP contribution in [0.5, 0.6) is 0 Å². The van der Waals surface area contributed by atoms with Gasteiger partial charge in [0.15, 0.2) is 0 Å². The lowest BCUT2D eigenvalue weighted by Crippen LogP contribution is -2.31. The van der Waals surface area contributed by atoms with E-state index < -0.39 is 11.7 Å². The standard InChI is InChI=1S/C21H26N2O3S/c1-21(2,3)26-20(25)22-17-8-6-15(7-9-17)13-19(24)23-11-4-5-18(23)16-10-12-27-14-16/h6-10,12,14,18H,4-5,11,13H2,1-3H3,(H,22,25)/t18-/m1/s1. The fraction of sp³-hybridized carbons (Fsp3) is 0.429. The summed E-state index contributed by atoms with van der Waals surface area (Å²) in [6.07, 6.45) is 1.96. The van der Waals surface area contributed by atoms with Crippen LogP contribution in [0.15, 0.2) is 41.1 Å². The lowest BCUT2D eigenvalue weighted by molar-refractivity contribution is -0.131. The Balaban J connectivity index is 1.58. The fourth-order valence-electron chi connectivity index (χ4n) is 3.28. The summed E-state index contributed by atoms with van der Waals surface area (Å²) in [5, 5.41) is 6.90. The number of hydrogen-bond donors (Lipinski definition) is 1. The van der Waals surface area contributed by atoms with Crippen molar-refractivity contribution in [1.29, 1.82) is 0 Å². The molecule has 0 bridgehead atoms. The van der Waals surface area contributed by atoms with Crippen LogP contribution >= 0.6 is 11.3 Å². The molecule has 0 unspecified atom stereocenters. The van der Waals surface area contributed by atoms with Crippen molar-refractivity contribution in [2.24, 2.45) is 0 Å². The van der Waals surface area contributed by atoms with Crippen LogP contribution in [0.25, 0.3) is 0 Å². The maximum Gasteiger partial charge on any atom is 0.412 e. The van der Waals surface area contributed by atoms with Gasteiger partial charge in [-0.15, -0.1) is 0 Å². The number of rotatable bonds is 4. The van der Waals surface area contributed by atoms with E-state index in [1.807, 2.05) is 37.8 Å². The molecular formula is C21H26N2O3S. The van der Waals surface area contributed by atoms with Crippen molar-refractivity contribution in [1.82, 2.24) is 4.90 Å². The summed E-state index contributed by atoms with van der Waals surface area (Å²) in [5.41, 5.74) is 2.29. The maximum atomic E-state index is 12.8. The second kappa shape index (κ2) is 8.13. The predicted molar refractivity (Wildman–Crippen MR) is 108 cm³/mol. The number of nitrogens with one attached hydrogen (secondary N) is 1. The molecule has 0 saturated carbocycles. The SMILES string of the molecule is CC(C)(C)OC(=O)Nc1ccc(CC(=O)N2CCC[C@@H]2c2ccsc2)cc1. The number of anilines is 1. The van der Waals surface area contributed by atoms with Gasteiger partial charge in [0, 0.05) is 12.2 Å². The topological polar surface area (TPSA) is 58.6 Å². The second-order valence-corrected chi connectivity index (χ2v) is 8.58. The number of amides is 2. The quantitative estimate of drug-likeness (QED) is 0.804. The van der Waals surface area contributed by atoms with E-state index in [1.165, 1.54) is 5.56 Å². The Labute approximate surface area is 164 Å². The molecule has 1 atom stereocenters. The van der Waals surface area contributed by atoms with E-state index in [9.17, 15) is 9.59 Å². The third-order valence-corrected chi connectivity index (χ3v) is 5.16. The fourth-order valence-corrected chi connectivity index (χ4v) is 3.99. The van der Waals surface area contributed by atoms with Crippen LogP contribution in [0.3, 0.4) is 0 Å². The molecule has 6 heteroatoms. The molecule has 1 aromatic carbocycles. The molecule has 1 saturated heterocycles. The van der Waals surface area contributed by atoms with Crippen LogP contribution in [0, 0.1) is 0 Å². The highest BCUT2D eigenvalue weighted by Crippen LogP contribution is 2.33. The van der Waals surface area contributed by atoms with Crippen molar-refractivity contribution in [2.45, 2.75) is 51.7 Å². The van der Waals surface area contributed by atoms with Crippen LogP contribution < -0.4 is 5.32 Å². The number of ether oxygens (including phenoxy) is 1. The molecule has 5 nitrogen and oxygen atoms in total. The van der Waals surface area contributed by atoms with Gasteiger partial charge in [-0.2, -0.15) is 11.3 Å². The molecule has 1 aromatic heterocycles. The molecule has 0 radical (unpaired) electrons. The van der Waals surface area contributed by atoms with Crippen LogP contribution in [0.2, 0.25) is 0 Å². The van der Waals surface area contributed by atoms with Crippen LogP contribution in [-0.4, -0.2) is 29.0 Å². The number of benzene rings is 1. The number of thiophene rings is 1. The molecule has 2 aromatic rings. The maximum absolute atomic E-state index is 12.8. The Kier molecular flexibility index (Phi) is 5.85. The van der Waals surface area contributed by atoms with Crippen LogP contribution in [0.1, 0.15) is 50.8 Å². The minimum atomic E-state index is -0.537. The van der Waals surface area contributed by atoms with Gasteiger partial charge >= 0.3 is 6.09 Å². The van der Waals surface area contributed by atoms with Crippen molar-refractivity contribution in [3.8, 4) is 0 Å². The average molecular weight is 387 g/mol. The van der Waals surface area contributed by atoms with E-state index >= 15 is 0 Å². The van der Waals surface area contributed by atoms with Crippen molar-refractivity contribution in [3.63, 3.8) is 0 Å². The highest BCUT2D eigenvalue weighted by atomic mass is 32.1. The molecule has 27 heavy (non-hydrogen) atoms. The van der Waals surface area contributed by atoms with E-state index in [0.717, 1.165) is 24.9 Å². The predicted octanol–water partition coefficient (Wildman–Crippen LogP) is 5.00. The number of nitrogens with zero attached hydrogens (tertiary/aromatic N) is 1. The Morgan fingerprint density at radius 2 is 1.96 bits per heavy atom. The molecule has 0 spiro atoms. The highest BCUT2D eigenvalue weighted by molar-refractivity contribution is 7.08. The lowest BCUT2D eigenvalue weighted by atomic mass is 10.1. The first-order valence-corrected chi connectivity index (χ1v) is 10.2. The van der Waals surface area contributed by atoms with Gasteiger partial charge in [-0.05, 0) is 73.7 Å². The van der Waals surface area contributed by atoms with Gasteiger partial charge in [0.2, 0.25) is 5.91 Å². The number of carbonyl (C=O) groups is 2. The van der Waals surface area contributed by atoms with E-state index in [1.54, 1.807) is 23.5 Å². The Morgan fingerprint density at radius 3 is 2.59 bits per heavy atom. The Morgan fingerprint density at radius 1 is 1.22 bits per heavy atom. The first-order chi connectivity index (χ1) is 12.8. The second-order valence-electron chi connectivity index (χ2n) is 7.80. The first kappa shape index (κ1) is 19.4. The zero-order chi connectivity index (χ0) is 19.4. The van der Waals surface area contributed by atoms with Crippen molar-refractivity contribution in [2.75, 3.05) is 11.9 Å². The molecule has 2 amide bonds. The molecule has 3 rings (SSSR count). The van der Waals surface area contributed by atoms with Crippen molar-refractivity contribution >= 4 is 29.0 Å². The number of hydrogen-bond acceptors (Lipinski definition) is 4. The summed E-state index contributed by atoms with van der Waals surface area (Å²) in [5.74, 6) is 0.150. The molecule has 1 aliphatic heterocycles. The van der Waals surface area contributed by atoms with Gasteiger partial charge in [0.05, 0.1) is 12.5 Å². The molecule has 1 aliphatic rings. The van der Waals surface area contributed by atoms with E-state index in [4.69, 9.17) is 4.74 Å². The third kappa shape index (κ3) is 5.32. The van der Waals surface area contributed by atoms with E-state index in [0.29, 0.717) is 12.1 Å². The number of carbonyl (C=O) groups excluding carboxylic acids is 2. The zero-order valence-corrected chi connectivity index (χ0v) is 16.8. The molecule has 1 fully saturated rings. The molecular weight excluding hydrogens is 360 g/mol. The molecule has 1 N–H and O–H groups in total. The van der Waals surface area contributed by atoms with Gasteiger partial charge in [-0.25, -0.2) is 4.79 Å². The summed E-state index contributed by atoms with van der Waals surface area (Å²) in [6, 6.07) is 9.66. The van der Waals surface area contributed by atoms with Crippen molar-refractivity contribution < 1.29 is 14.3 Å². The van der Waals surface area contributed by atoms with Gasteiger partial charge in [-0.3, -0.25) is 10.1 Å². The summed E-state index contributed by atoms with van der Waals surface area (Å²) >= 11 is 1.67. The van der Waals surface area contributed by atoms with Gasteiger partial charge in [0.25, 0.3) is 0 Å². The van der Waals surface area contributed by atoms with E-state index in [-0.39, 0.29) is 11.9 Å². The molecule has 2 heterocycles. The van der Waals surface area contributed by atoms with Crippen LogP contribution in [0.4, 0.5) is 10.5 Å². The summed E-state index contributed by atoms with van der Waals surface area (Å²) in [4.78, 5) is 26.6. The molecule has 0 aliphatic carbocycles. The first-order valence-electron chi connectivity index (χ1n) is 9.22. The summed E-state index contributed by atoms with van der Waals surface area (Å²) < 4.78 is 5.24. The lowest BCUT2D eigenvalue weighted by Gasteiger charge is -2.24. The van der Waals surface area contributed by atoms with Crippen molar-refractivity contribution in [3.05, 3.63) is 52.2 Å². The monoisotopic (exact) mass is 386 g/mol. The largest absolute Gasteiger partial charge is 0.444 e. The van der Waals surface area contributed by atoms with Gasteiger partial charge in [0.1, 0.15) is 5.60 Å². The Hall–Kier alpha value is -2.34. The Bertz CT molecular complexity index is 779. The normalized spacial score (nSPS) is 17.0. The molecule has 144 valence electrons. The minimum absolute atomic E-state index is 0.150. The van der Waals surface area contributed by atoms with Gasteiger partial charge < -0.3 is 9.64 Å². The van der Waals surface area contributed by atoms with E-state index in [2.05, 4.69) is 22.1 Å². The van der Waals surface area contributed by atoms with Crippen LogP contribution in [-0.2, 0) is 16.0 Å². The average Bonchev–Trinajstić information content (AvgIpc) is 3.25. The van der Waals surface area contributed by atoms with Gasteiger partial charge in [-0.1, -0.05) is 12.1 Å². The minimum Gasteiger partial charge on any atom is -0.444 e. The third-order valence-electron chi connectivity index (χ3n) is 4.46. The summed E-state index contributed by atoms with van der Waals surface area (Å²) in [6.45, 7) is 6.28. The summed E-state index contributed by atoms with van der Waals surface area (Å²) in [7, 11) is 0. The smallest absolute Gasteiger partial charge is 0.412 e.